The maximum atomic E-state index is 5.90. The van der Waals surface area contributed by atoms with E-state index in [1.165, 1.54) is 0 Å². The molecule has 0 aliphatic rings. The Bertz CT molecular complexity index is 531. The largest absolute Gasteiger partial charge is 0.497 e. The van der Waals surface area contributed by atoms with Crippen molar-refractivity contribution in [3.63, 3.8) is 0 Å². The van der Waals surface area contributed by atoms with Crippen molar-refractivity contribution in [2.45, 2.75) is 13.3 Å². The predicted octanol–water partition coefficient (Wildman–Crippen LogP) is 2.24. The number of ether oxygens (including phenoxy) is 1. The summed E-state index contributed by atoms with van der Waals surface area (Å²) >= 11 is 0. The number of aryl methyl sites for hydroxylation is 1. The molecule has 1 aromatic carbocycles. The lowest BCUT2D eigenvalue weighted by molar-refractivity contribution is 0.415. The quantitative estimate of drug-likeness (QED) is 0.881. The maximum Gasteiger partial charge on any atom is 0.149 e. The minimum absolute atomic E-state index is 0.604. The lowest BCUT2D eigenvalue weighted by Crippen LogP contribution is -1.95. The van der Waals surface area contributed by atoms with Crippen LogP contribution in [-0.4, -0.2) is 16.9 Å². The van der Waals surface area contributed by atoms with Crippen molar-refractivity contribution in [1.29, 1.82) is 0 Å². The molecule has 0 bridgehead atoms. The molecule has 0 atom stereocenters. The molecule has 0 fully saturated rings. The van der Waals surface area contributed by atoms with E-state index >= 15 is 0 Å². The molecule has 0 saturated heterocycles. The van der Waals surface area contributed by atoms with Crippen LogP contribution in [0.15, 0.2) is 24.3 Å². The van der Waals surface area contributed by atoms with E-state index < -0.39 is 0 Å². The van der Waals surface area contributed by atoms with Gasteiger partial charge in [0.2, 0.25) is 0 Å². The summed E-state index contributed by atoms with van der Waals surface area (Å²) in [5, 5.41) is 4.27. The van der Waals surface area contributed by atoms with E-state index in [1.54, 1.807) is 7.11 Å². The Kier molecular flexibility index (Phi) is 3.04. The number of nitrogens with two attached hydrogens (primary N) is 1. The van der Waals surface area contributed by atoms with Crippen LogP contribution in [-0.2, 0) is 13.5 Å². The molecule has 0 aliphatic heterocycles. The first-order chi connectivity index (χ1) is 8.17. The average molecular weight is 231 g/mol. The first-order valence-electron chi connectivity index (χ1n) is 5.63. The fourth-order valence-corrected chi connectivity index (χ4v) is 2.07. The highest BCUT2D eigenvalue weighted by Crippen LogP contribution is 2.29. The van der Waals surface area contributed by atoms with Crippen molar-refractivity contribution >= 4 is 5.82 Å². The van der Waals surface area contributed by atoms with E-state index in [0.717, 1.165) is 29.0 Å². The standard InChI is InChI=1S/C13H17N3O/c1-4-11-12(16(2)15-13(11)14)9-6-5-7-10(8-9)17-3/h5-8H,4H2,1-3H3,(H2,14,15). The Labute approximate surface area is 101 Å². The van der Waals surface area contributed by atoms with Gasteiger partial charge >= 0.3 is 0 Å². The van der Waals surface area contributed by atoms with Crippen LogP contribution in [0.2, 0.25) is 0 Å². The van der Waals surface area contributed by atoms with Crippen LogP contribution in [0.3, 0.4) is 0 Å². The number of nitrogen functional groups attached to an aromatic ring is 1. The molecule has 0 spiro atoms. The minimum Gasteiger partial charge on any atom is -0.497 e. The molecule has 4 heteroatoms. The van der Waals surface area contributed by atoms with Gasteiger partial charge in [-0.25, -0.2) is 0 Å². The van der Waals surface area contributed by atoms with Crippen molar-refractivity contribution in [3.8, 4) is 17.0 Å². The highest BCUT2D eigenvalue weighted by molar-refractivity contribution is 5.69. The van der Waals surface area contributed by atoms with Crippen molar-refractivity contribution in [2.75, 3.05) is 12.8 Å². The Morgan fingerprint density at radius 1 is 1.41 bits per heavy atom. The van der Waals surface area contributed by atoms with Gasteiger partial charge in [-0.2, -0.15) is 5.10 Å². The number of aromatic nitrogens is 2. The van der Waals surface area contributed by atoms with Gasteiger partial charge in [0.1, 0.15) is 11.6 Å². The number of benzene rings is 1. The highest BCUT2D eigenvalue weighted by Gasteiger charge is 2.14. The molecular weight excluding hydrogens is 214 g/mol. The monoisotopic (exact) mass is 231 g/mol. The molecule has 90 valence electrons. The van der Waals surface area contributed by atoms with Crippen LogP contribution < -0.4 is 10.5 Å². The lowest BCUT2D eigenvalue weighted by Gasteiger charge is -2.07. The van der Waals surface area contributed by atoms with Gasteiger partial charge in [-0.3, -0.25) is 4.68 Å². The zero-order valence-corrected chi connectivity index (χ0v) is 10.4. The van der Waals surface area contributed by atoms with Crippen molar-refractivity contribution in [3.05, 3.63) is 29.8 Å². The Morgan fingerprint density at radius 3 is 2.82 bits per heavy atom. The van der Waals surface area contributed by atoms with E-state index in [-0.39, 0.29) is 0 Å². The van der Waals surface area contributed by atoms with Gasteiger partial charge < -0.3 is 10.5 Å². The summed E-state index contributed by atoms with van der Waals surface area (Å²) in [6, 6.07) is 7.93. The van der Waals surface area contributed by atoms with E-state index in [0.29, 0.717) is 5.82 Å². The number of methoxy groups -OCH3 is 1. The molecule has 0 amide bonds. The van der Waals surface area contributed by atoms with Crippen molar-refractivity contribution in [1.82, 2.24) is 9.78 Å². The third kappa shape index (κ3) is 1.98. The minimum atomic E-state index is 0.604. The summed E-state index contributed by atoms with van der Waals surface area (Å²) in [4.78, 5) is 0. The molecule has 2 N–H and O–H groups in total. The van der Waals surface area contributed by atoms with Crippen LogP contribution in [0.5, 0.6) is 5.75 Å². The van der Waals surface area contributed by atoms with Crippen LogP contribution >= 0.6 is 0 Å². The first-order valence-corrected chi connectivity index (χ1v) is 5.63. The molecule has 0 unspecified atom stereocenters. The maximum absolute atomic E-state index is 5.90. The Hall–Kier alpha value is -1.97. The van der Waals surface area contributed by atoms with Crippen LogP contribution in [0.1, 0.15) is 12.5 Å². The Morgan fingerprint density at radius 2 is 2.18 bits per heavy atom. The second kappa shape index (κ2) is 4.49. The molecule has 17 heavy (non-hydrogen) atoms. The number of nitrogens with zero attached hydrogens (tertiary/aromatic N) is 2. The normalized spacial score (nSPS) is 10.5. The zero-order valence-electron chi connectivity index (χ0n) is 10.4. The van der Waals surface area contributed by atoms with Crippen molar-refractivity contribution < 1.29 is 4.74 Å². The first kappa shape index (κ1) is 11.5. The molecule has 2 aromatic rings. The lowest BCUT2D eigenvalue weighted by atomic mass is 10.1. The van der Waals surface area contributed by atoms with Gasteiger partial charge in [-0.15, -0.1) is 0 Å². The van der Waals surface area contributed by atoms with Crippen LogP contribution in [0.25, 0.3) is 11.3 Å². The summed E-state index contributed by atoms with van der Waals surface area (Å²) in [7, 11) is 3.57. The second-order valence-electron chi connectivity index (χ2n) is 3.92. The molecule has 4 nitrogen and oxygen atoms in total. The molecule has 0 aliphatic carbocycles. The SMILES string of the molecule is CCc1c(N)nn(C)c1-c1cccc(OC)c1. The number of anilines is 1. The molecule has 0 radical (unpaired) electrons. The topological polar surface area (TPSA) is 53.1 Å². The molecular formula is C13H17N3O. The number of hydrogen-bond donors (Lipinski definition) is 1. The molecule has 1 aromatic heterocycles. The summed E-state index contributed by atoms with van der Waals surface area (Å²) in [6.07, 6.45) is 0.867. The average Bonchev–Trinajstić information content (AvgIpc) is 2.63. The van der Waals surface area contributed by atoms with Gasteiger partial charge in [0.15, 0.2) is 0 Å². The van der Waals surface area contributed by atoms with Gasteiger partial charge in [0.05, 0.1) is 12.8 Å². The predicted molar refractivity (Wildman–Crippen MR) is 69.0 cm³/mol. The summed E-state index contributed by atoms with van der Waals surface area (Å²) in [6.45, 7) is 2.08. The second-order valence-corrected chi connectivity index (χ2v) is 3.92. The highest BCUT2D eigenvalue weighted by atomic mass is 16.5. The molecule has 0 saturated carbocycles. The third-order valence-electron chi connectivity index (χ3n) is 2.87. The van der Waals surface area contributed by atoms with Crippen LogP contribution in [0.4, 0.5) is 5.82 Å². The fraction of sp³-hybridized carbons (Fsp3) is 0.308. The molecule has 1 heterocycles. The zero-order chi connectivity index (χ0) is 12.4. The van der Waals surface area contributed by atoms with E-state index in [9.17, 15) is 0 Å². The third-order valence-corrected chi connectivity index (χ3v) is 2.87. The van der Waals surface area contributed by atoms with Crippen LogP contribution in [0, 0.1) is 0 Å². The van der Waals surface area contributed by atoms with E-state index in [1.807, 2.05) is 36.0 Å². The number of hydrogen-bond acceptors (Lipinski definition) is 3. The summed E-state index contributed by atoms with van der Waals surface area (Å²) in [5.74, 6) is 1.44. The van der Waals surface area contributed by atoms with Gasteiger partial charge in [-0.1, -0.05) is 19.1 Å². The van der Waals surface area contributed by atoms with Gasteiger partial charge in [0.25, 0.3) is 0 Å². The van der Waals surface area contributed by atoms with E-state index in [2.05, 4.69) is 12.0 Å². The summed E-state index contributed by atoms with van der Waals surface area (Å²) in [5.41, 5.74) is 9.12. The fourth-order valence-electron chi connectivity index (χ4n) is 2.07. The van der Waals surface area contributed by atoms with E-state index in [4.69, 9.17) is 10.5 Å². The molecule has 2 rings (SSSR count). The number of rotatable bonds is 3. The van der Waals surface area contributed by atoms with Gasteiger partial charge in [-0.05, 0) is 18.6 Å². The smallest absolute Gasteiger partial charge is 0.149 e. The van der Waals surface area contributed by atoms with Gasteiger partial charge in [0, 0.05) is 18.2 Å². The summed E-state index contributed by atoms with van der Waals surface area (Å²) < 4.78 is 7.06. The van der Waals surface area contributed by atoms with Crippen molar-refractivity contribution in [2.24, 2.45) is 7.05 Å². The Balaban J connectivity index is 2.59.